The molecule has 2 heterocycles. The predicted octanol–water partition coefficient (Wildman–Crippen LogP) is 3.38. The molecule has 0 amide bonds. The molecule has 1 aromatic carbocycles. The van der Waals surface area contributed by atoms with Crippen molar-refractivity contribution in [2.75, 3.05) is 19.6 Å². The van der Waals surface area contributed by atoms with Crippen LogP contribution in [0.5, 0.6) is 0 Å². The average Bonchev–Trinajstić information content (AvgIpc) is 3.16. The van der Waals surface area contributed by atoms with Crippen molar-refractivity contribution in [3.8, 4) is 0 Å². The third kappa shape index (κ3) is 3.90. The fourth-order valence-electron chi connectivity index (χ4n) is 3.01. The second-order valence-corrected chi connectivity index (χ2v) is 6.97. The van der Waals surface area contributed by atoms with E-state index in [9.17, 15) is 0 Å². The smallest absolute Gasteiger partial charge is 0.0897 e. The van der Waals surface area contributed by atoms with E-state index in [-0.39, 0.29) is 0 Å². The van der Waals surface area contributed by atoms with Crippen molar-refractivity contribution in [1.82, 2.24) is 15.2 Å². The molecule has 0 radical (unpaired) electrons. The first-order chi connectivity index (χ1) is 10.3. The van der Waals surface area contributed by atoms with Crippen LogP contribution >= 0.6 is 11.3 Å². The van der Waals surface area contributed by atoms with E-state index in [0.717, 1.165) is 18.1 Å². The Bertz CT molecular complexity index is 546. The van der Waals surface area contributed by atoms with Gasteiger partial charge in [0, 0.05) is 30.2 Å². The molecule has 1 fully saturated rings. The lowest BCUT2D eigenvalue weighted by molar-refractivity contribution is 0.238. The Hall–Kier alpha value is -1.23. The van der Waals surface area contributed by atoms with E-state index in [1.54, 1.807) is 11.3 Å². The lowest BCUT2D eigenvalue weighted by Crippen LogP contribution is -2.33. The van der Waals surface area contributed by atoms with Gasteiger partial charge in [-0.1, -0.05) is 30.3 Å². The van der Waals surface area contributed by atoms with E-state index in [2.05, 4.69) is 52.5 Å². The quantitative estimate of drug-likeness (QED) is 0.886. The van der Waals surface area contributed by atoms with E-state index < -0.39 is 0 Å². The zero-order valence-electron chi connectivity index (χ0n) is 12.6. The van der Waals surface area contributed by atoms with Crippen molar-refractivity contribution in [3.05, 3.63) is 52.0 Å². The molecule has 3 rings (SSSR count). The van der Waals surface area contributed by atoms with Gasteiger partial charge in [-0.2, -0.15) is 0 Å². The molecule has 112 valence electrons. The van der Waals surface area contributed by atoms with Gasteiger partial charge in [-0.25, -0.2) is 4.98 Å². The Morgan fingerprint density at radius 2 is 2.00 bits per heavy atom. The minimum Gasteiger partial charge on any atom is -0.310 e. The summed E-state index contributed by atoms with van der Waals surface area (Å²) < 4.78 is 0. The Balaban J connectivity index is 1.62. The summed E-state index contributed by atoms with van der Waals surface area (Å²) in [6, 6.07) is 11.4. The third-order valence-corrected chi connectivity index (χ3v) is 4.98. The number of aryl methyl sites for hydroxylation is 1. The van der Waals surface area contributed by atoms with E-state index in [1.165, 1.54) is 36.4 Å². The maximum Gasteiger partial charge on any atom is 0.0897 e. The molecule has 2 aromatic rings. The highest BCUT2D eigenvalue weighted by Gasteiger charge is 2.22. The minimum absolute atomic E-state index is 0.489. The molecule has 0 saturated carbocycles. The minimum atomic E-state index is 0.489. The second-order valence-electron chi connectivity index (χ2n) is 5.65. The molecule has 1 atom stereocenters. The van der Waals surface area contributed by atoms with Crippen LogP contribution < -0.4 is 5.32 Å². The third-order valence-electron chi connectivity index (χ3n) is 4.07. The summed E-state index contributed by atoms with van der Waals surface area (Å²) in [5.41, 5.74) is 1.42. The van der Waals surface area contributed by atoms with Crippen LogP contribution in [0.25, 0.3) is 0 Å². The van der Waals surface area contributed by atoms with Gasteiger partial charge in [0.2, 0.25) is 0 Å². The molecule has 4 heteroatoms. The van der Waals surface area contributed by atoms with Gasteiger partial charge < -0.3 is 5.32 Å². The number of rotatable bonds is 6. The maximum atomic E-state index is 4.32. The van der Waals surface area contributed by atoms with Gasteiger partial charge >= 0.3 is 0 Å². The first-order valence-electron chi connectivity index (χ1n) is 7.74. The molecule has 1 aliphatic heterocycles. The molecule has 1 unspecified atom stereocenters. The SMILES string of the molecule is Cc1ncc(CNCC(c2ccccc2)N2CCCC2)s1. The standard InChI is InChI=1S/C17H23N3S/c1-14-19-12-16(21-14)11-18-13-17(20-9-5-6-10-20)15-7-3-2-4-8-15/h2-4,7-8,12,17-18H,5-6,9-11,13H2,1H3. The zero-order chi connectivity index (χ0) is 14.5. The maximum absolute atomic E-state index is 4.32. The summed E-state index contributed by atoms with van der Waals surface area (Å²) >= 11 is 1.78. The Labute approximate surface area is 131 Å². The highest BCUT2D eigenvalue weighted by molar-refractivity contribution is 7.11. The summed E-state index contributed by atoms with van der Waals surface area (Å²) in [5.74, 6) is 0. The van der Waals surface area contributed by atoms with Crippen LogP contribution in [-0.2, 0) is 6.54 Å². The summed E-state index contributed by atoms with van der Waals surface area (Å²) in [4.78, 5) is 8.25. The van der Waals surface area contributed by atoms with Crippen LogP contribution in [0.3, 0.4) is 0 Å². The summed E-state index contributed by atoms with van der Waals surface area (Å²) in [5, 5.41) is 4.76. The number of hydrogen-bond acceptors (Lipinski definition) is 4. The normalized spacial score (nSPS) is 17.2. The Morgan fingerprint density at radius 3 is 2.67 bits per heavy atom. The van der Waals surface area contributed by atoms with Crippen molar-refractivity contribution in [2.45, 2.75) is 32.4 Å². The molecule has 1 aromatic heterocycles. The zero-order valence-corrected chi connectivity index (χ0v) is 13.4. The van der Waals surface area contributed by atoms with Crippen molar-refractivity contribution >= 4 is 11.3 Å². The molecular formula is C17H23N3S. The fraction of sp³-hybridized carbons (Fsp3) is 0.471. The molecule has 0 aliphatic carbocycles. The molecule has 3 nitrogen and oxygen atoms in total. The van der Waals surface area contributed by atoms with E-state index >= 15 is 0 Å². The average molecular weight is 301 g/mol. The molecule has 21 heavy (non-hydrogen) atoms. The molecule has 1 N–H and O–H groups in total. The van der Waals surface area contributed by atoms with Crippen LogP contribution in [-0.4, -0.2) is 29.5 Å². The summed E-state index contributed by atoms with van der Waals surface area (Å²) in [6.45, 7) is 6.43. The van der Waals surface area contributed by atoms with E-state index in [4.69, 9.17) is 0 Å². The highest BCUT2D eigenvalue weighted by atomic mass is 32.1. The molecule has 1 saturated heterocycles. The fourth-order valence-corrected chi connectivity index (χ4v) is 3.77. The lowest BCUT2D eigenvalue weighted by Gasteiger charge is -2.28. The summed E-state index contributed by atoms with van der Waals surface area (Å²) in [6.07, 6.45) is 4.65. The molecular weight excluding hydrogens is 278 g/mol. The van der Waals surface area contributed by atoms with Crippen molar-refractivity contribution in [1.29, 1.82) is 0 Å². The molecule has 1 aliphatic rings. The van der Waals surface area contributed by atoms with Crippen LogP contribution in [0.15, 0.2) is 36.5 Å². The van der Waals surface area contributed by atoms with Gasteiger partial charge in [-0.15, -0.1) is 11.3 Å². The van der Waals surface area contributed by atoms with Crippen LogP contribution in [0.4, 0.5) is 0 Å². The number of nitrogens with one attached hydrogen (secondary N) is 1. The van der Waals surface area contributed by atoms with Crippen LogP contribution in [0, 0.1) is 6.92 Å². The van der Waals surface area contributed by atoms with Crippen LogP contribution in [0.1, 0.15) is 34.3 Å². The van der Waals surface area contributed by atoms with Gasteiger partial charge in [-0.3, -0.25) is 4.90 Å². The number of hydrogen-bond donors (Lipinski definition) is 1. The lowest BCUT2D eigenvalue weighted by atomic mass is 10.1. The number of likely N-dealkylation sites (tertiary alicyclic amines) is 1. The first-order valence-corrected chi connectivity index (χ1v) is 8.55. The Morgan fingerprint density at radius 1 is 1.24 bits per heavy atom. The monoisotopic (exact) mass is 301 g/mol. The van der Waals surface area contributed by atoms with Gasteiger partial charge in [0.25, 0.3) is 0 Å². The van der Waals surface area contributed by atoms with E-state index in [1.807, 2.05) is 6.20 Å². The highest BCUT2D eigenvalue weighted by Crippen LogP contribution is 2.24. The topological polar surface area (TPSA) is 28.2 Å². The number of benzene rings is 1. The molecule has 0 bridgehead atoms. The van der Waals surface area contributed by atoms with Gasteiger partial charge in [0.1, 0.15) is 0 Å². The molecule has 0 spiro atoms. The summed E-state index contributed by atoms with van der Waals surface area (Å²) in [7, 11) is 0. The predicted molar refractivity (Wildman–Crippen MR) is 88.5 cm³/mol. The largest absolute Gasteiger partial charge is 0.310 e. The number of aromatic nitrogens is 1. The number of nitrogens with zero attached hydrogens (tertiary/aromatic N) is 2. The van der Waals surface area contributed by atoms with Crippen molar-refractivity contribution in [2.24, 2.45) is 0 Å². The van der Waals surface area contributed by atoms with Crippen molar-refractivity contribution in [3.63, 3.8) is 0 Å². The first kappa shape index (κ1) is 14.7. The van der Waals surface area contributed by atoms with Crippen molar-refractivity contribution < 1.29 is 0 Å². The van der Waals surface area contributed by atoms with Crippen LogP contribution in [0.2, 0.25) is 0 Å². The van der Waals surface area contributed by atoms with Gasteiger partial charge in [-0.05, 0) is 38.4 Å². The Kier molecular flexibility index (Phi) is 5.01. The number of thiazole rings is 1. The second kappa shape index (κ2) is 7.16. The van der Waals surface area contributed by atoms with E-state index in [0.29, 0.717) is 6.04 Å². The van der Waals surface area contributed by atoms with Gasteiger partial charge in [0.15, 0.2) is 0 Å². The van der Waals surface area contributed by atoms with Gasteiger partial charge in [0.05, 0.1) is 5.01 Å².